The van der Waals surface area contributed by atoms with Crippen LogP contribution < -0.4 is 0 Å². The summed E-state index contributed by atoms with van der Waals surface area (Å²) in [4.78, 5) is 0. The molecule has 1 saturated heterocycles. The molecule has 0 radical (unpaired) electrons. The highest BCUT2D eigenvalue weighted by molar-refractivity contribution is 7.99. The standard InChI is InChI=1S/C17H20ClN3OS/c1-2-10-21-16(14-8-3-4-9-15(14)18)19-20-17(21)23-12-13-7-5-6-11-22-13/h2-4,8-9,13H,1,5-7,10-12H2/t13-/m1/s1. The summed E-state index contributed by atoms with van der Waals surface area (Å²) in [6.45, 7) is 5.37. The van der Waals surface area contributed by atoms with E-state index in [0.29, 0.717) is 17.7 Å². The van der Waals surface area contributed by atoms with Crippen LogP contribution in [0.2, 0.25) is 5.02 Å². The fourth-order valence-electron chi connectivity index (χ4n) is 2.64. The predicted octanol–water partition coefficient (Wildman–Crippen LogP) is 4.45. The highest BCUT2D eigenvalue weighted by atomic mass is 35.5. The lowest BCUT2D eigenvalue weighted by Gasteiger charge is -2.21. The molecule has 4 nitrogen and oxygen atoms in total. The topological polar surface area (TPSA) is 39.9 Å². The molecule has 122 valence electrons. The van der Waals surface area contributed by atoms with Gasteiger partial charge in [0.1, 0.15) is 0 Å². The van der Waals surface area contributed by atoms with Gasteiger partial charge in [0, 0.05) is 24.5 Å². The molecule has 1 atom stereocenters. The Kier molecular flexibility index (Phi) is 5.75. The smallest absolute Gasteiger partial charge is 0.191 e. The lowest BCUT2D eigenvalue weighted by Crippen LogP contribution is -2.21. The summed E-state index contributed by atoms with van der Waals surface area (Å²) < 4.78 is 7.85. The van der Waals surface area contributed by atoms with E-state index in [2.05, 4.69) is 21.3 Å². The van der Waals surface area contributed by atoms with Crippen molar-refractivity contribution in [2.24, 2.45) is 0 Å². The molecule has 0 N–H and O–H groups in total. The van der Waals surface area contributed by atoms with E-state index in [1.54, 1.807) is 11.8 Å². The van der Waals surface area contributed by atoms with Crippen LogP contribution in [0.5, 0.6) is 0 Å². The van der Waals surface area contributed by atoms with Gasteiger partial charge < -0.3 is 4.74 Å². The van der Waals surface area contributed by atoms with Crippen molar-refractivity contribution in [1.82, 2.24) is 14.8 Å². The number of ether oxygens (including phenoxy) is 1. The van der Waals surface area contributed by atoms with E-state index >= 15 is 0 Å². The second kappa shape index (κ2) is 7.99. The molecule has 2 aromatic rings. The second-order valence-electron chi connectivity index (χ2n) is 5.48. The summed E-state index contributed by atoms with van der Waals surface area (Å²) in [7, 11) is 0. The van der Waals surface area contributed by atoms with Crippen LogP contribution in [0.1, 0.15) is 19.3 Å². The number of hydrogen-bond acceptors (Lipinski definition) is 4. The lowest BCUT2D eigenvalue weighted by atomic mass is 10.1. The Morgan fingerprint density at radius 2 is 2.22 bits per heavy atom. The minimum absolute atomic E-state index is 0.311. The Balaban J connectivity index is 1.80. The normalized spacial score (nSPS) is 18.0. The van der Waals surface area contributed by atoms with Crippen molar-refractivity contribution < 1.29 is 4.74 Å². The Morgan fingerprint density at radius 1 is 1.35 bits per heavy atom. The molecule has 0 aliphatic carbocycles. The zero-order chi connectivity index (χ0) is 16.1. The number of allylic oxidation sites excluding steroid dienone is 1. The molecule has 0 bridgehead atoms. The van der Waals surface area contributed by atoms with Crippen LogP contribution in [-0.2, 0) is 11.3 Å². The van der Waals surface area contributed by atoms with Gasteiger partial charge in [-0.1, -0.05) is 41.6 Å². The SMILES string of the molecule is C=CCn1c(SC[C@H]2CCCCO2)nnc1-c1ccccc1Cl. The first kappa shape index (κ1) is 16.6. The van der Waals surface area contributed by atoms with Gasteiger partial charge in [-0.05, 0) is 31.4 Å². The number of thioether (sulfide) groups is 1. The molecule has 1 aromatic carbocycles. The number of hydrogen-bond donors (Lipinski definition) is 0. The molecule has 3 rings (SSSR count). The highest BCUT2D eigenvalue weighted by Crippen LogP contribution is 2.30. The van der Waals surface area contributed by atoms with Gasteiger partial charge in [0.2, 0.25) is 0 Å². The van der Waals surface area contributed by atoms with Crippen LogP contribution in [-0.4, -0.2) is 33.2 Å². The molecule has 1 aliphatic heterocycles. The van der Waals surface area contributed by atoms with Gasteiger partial charge in [-0.3, -0.25) is 4.57 Å². The summed E-state index contributed by atoms with van der Waals surface area (Å²) in [6.07, 6.45) is 5.71. The number of rotatable bonds is 6. The summed E-state index contributed by atoms with van der Waals surface area (Å²) >= 11 is 7.99. The first-order valence-corrected chi connectivity index (χ1v) is 9.19. The molecule has 1 aromatic heterocycles. The van der Waals surface area contributed by atoms with Crippen LogP contribution in [0.25, 0.3) is 11.4 Å². The van der Waals surface area contributed by atoms with Gasteiger partial charge in [-0.15, -0.1) is 16.8 Å². The van der Waals surface area contributed by atoms with Gasteiger partial charge in [0.15, 0.2) is 11.0 Å². The highest BCUT2D eigenvalue weighted by Gasteiger charge is 2.19. The molecule has 0 amide bonds. The average Bonchev–Trinajstić information content (AvgIpc) is 2.97. The number of halogens is 1. The maximum Gasteiger partial charge on any atom is 0.191 e. The average molecular weight is 350 g/mol. The van der Waals surface area contributed by atoms with Crippen molar-refractivity contribution in [2.75, 3.05) is 12.4 Å². The largest absolute Gasteiger partial charge is 0.377 e. The van der Waals surface area contributed by atoms with Crippen LogP contribution >= 0.6 is 23.4 Å². The molecule has 1 fully saturated rings. The summed E-state index contributed by atoms with van der Waals surface area (Å²) in [6, 6.07) is 7.70. The van der Waals surface area contributed by atoms with Crippen LogP contribution in [0, 0.1) is 0 Å². The van der Waals surface area contributed by atoms with Crippen molar-refractivity contribution >= 4 is 23.4 Å². The summed E-state index contributed by atoms with van der Waals surface area (Å²) in [5, 5.41) is 10.3. The fourth-order valence-corrected chi connectivity index (χ4v) is 3.87. The Hall–Kier alpha value is -1.30. The summed E-state index contributed by atoms with van der Waals surface area (Å²) in [5.41, 5.74) is 0.893. The van der Waals surface area contributed by atoms with Crippen LogP contribution in [0.3, 0.4) is 0 Å². The zero-order valence-electron chi connectivity index (χ0n) is 12.9. The van der Waals surface area contributed by atoms with Gasteiger partial charge in [-0.25, -0.2) is 0 Å². The Labute approximate surface area is 145 Å². The minimum Gasteiger partial charge on any atom is -0.377 e. The van der Waals surface area contributed by atoms with E-state index in [0.717, 1.165) is 35.3 Å². The maximum absolute atomic E-state index is 6.31. The van der Waals surface area contributed by atoms with E-state index in [1.165, 1.54) is 12.8 Å². The van der Waals surface area contributed by atoms with Crippen molar-refractivity contribution in [3.05, 3.63) is 41.9 Å². The van der Waals surface area contributed by atoms with E-state index < -0.39 is 0 Å². The first-order valence-electron chi connectivity index (χ1n) is 7.83. The maximum atomic E-state index is 6.31. The third-order valence-electron chi connectivity index (χ3n) is 3.82. The molecule has 0 unspecified atom stereocenters. The first-order chi connectivity index (χ1) is 11.3. The molecule has 23 heavy (non-hydrogen) atoms. The second-order valence-corrected chi connectivity index (χ2v) is 6.88. The molecule has 0 saturated carbocycles. The van der Waals surface area contributed by atoms with Crippen molar-refractivity contribution in [2.45, 2.75) is 37.1 Å². The van der Waals surface area contributed by atoms with Gasteiger partial charge in [0.25, 0.3) is 0 Å². The Morgan fingerprint density at radius 3 is 2.96 bits per heavy atom. The molecular formula is C17H20ClN3OS. The van der Waals surface area contributed by atoms with Gasteiger partial charge in [-0.2, -0.15) is 0 Å². The number of benzene rings is 1. The molecular weight excluding hydrogens is 330 g/mol. The molecule has 2 heterocycles. The Bertz CT molecular complexity index is 668. The van der Waals surface area contributed by atoms with E-state index in [4.69, 9.17) is 16.3 Å². The third-order valence-corrected chi connectivity index (χ3v) is 5.24. The molecule has 0 spiro atoms. The van der Waals surface area contributed by atoms with Gasteiger partial charge in [0.05, 0.1) is 11.1 Å². The minimum atomic E-state index is 0.311. The third kappa shape index (κ3) is 3.97. The lowest BCUT2D eigenvalue weighted by molar-refractivity contribution is 0.0315. The molecule has 6 heteroatoms. The number of nitrogens with zero attached hydrogens (tertiary/aromatic N) is 3. The molecule has 1 aliphatic rings. The fraction of sp³-hybridized carbons (Fsp3) is 0.412. The van der Waals surface area contributed by atoms with Gasteiger partial charge >= 0.3 is 0 Å². The van der Waals surface area contributed by atoms with Crippen molar-refractivity contribution in [3.63, 3.8) is 0 Å². The van der Waals surface area contributed by atoms with Crippen LogP contribution in [0.15, 0.2) is 42.1 Å². The predicted molar refractivity (Wildman–Crippen MR) is 95.0 cm³/mol. The van der Waals surface area contributed by atoms with Crippen LogP contribution in [0.4, 0.5) is 0 Å². The van der Waals surface area contributed by atoms with E-state index in [-0.39, 0.29) is 0 Å². The van der Waals surface area contributed by atoms with E-state index in [1.807, 2.05) is 30.3 Å². The monoisotopic (exact) mass is 349 g/mol. The van der Waals surface area contributed by atoms with E-state index in [9.17, 15) is 0 Å². The zero-order valence-corrected chi connectivity index (χ0v) is 14.5. The quantitative estimate of drug-likeness (QED) is 0.570. The van der Waals surface area contributed by atoms with Crippen molar-refractivity contribution in [3.8, 4) is 11.4 Å². The number of aromatic nitrogens is 3. The van der Waals surface area contributed by atoms with Crippen molar-refractivity contribution in [1.29, 1.82) is 0 Å². The summed E-state index contributed by atoms with van der Waals surface area (Å²) in [5.74, 6) is 1.68.